The van der Waals surface area contributed by atoms with Crippen molar-refractivity contribution in [1.82, 2.24) is 10.3 Å². The van der Waals surface area contributed by atoms with Crippen molar-refractivity contribution in [2.75, 3.05) is 6.54 Å². The molecule has 1 fully saturated rings. The fraction of sp³-hybridized carbons (Fsp3) is 0.500. The SMILES string of the molecule is CCNC1(c2ccccn2)CC1. The van der Waals surface area contributed by atoms with E-state index >= 15 is 0 Å². The van der Waals surface area contributed by atoms with E-state index in [9.17, 15) is 0 Å². The van der Waals surface area contributed by atoms with Gasteiger partial charge in [-0.3, -0.25) is 4.98 Å². The van der Waals surface area contributed by atoms with Crippen LogP contribution in [0.4, 0.5) is 0 Å². The average molecular weight is 162 g/mol. The Balaban J connectivity index is 2.19. The highest BCUT2D eigenvalue weighted by atomic mass is 15.0. The van der Waals surface area contributed by atoms with Crippen LogP contribution in [0.1, 0.15) is 25.5 Å². The highest BCUT2D eigenvalue weighted by molar-refractivity contribution is 5.22. The highest BCUT2D eigenvalue weighted by Crippen LogP contribution is 2.44. The molecule has 1 aliphatic rings. The first-order chi connectivity index (χ1) is 5.87. The monoisotopic (exact) mass is 162 g/mol. The molecule has 1 N–H and O–H groups in total. The van der Waals surface area contributed by atoms with Gasteiger partial charge in [-0.2, -0.15) is 0 Å². The second kappa shape index (κ2) is 2.87. The molecule has 0 spiro atoms. The zero-order valence-electron chi connectivity index (χ0n) is 7.38. The lowest BCUT2D eigenvalue weighted by molar-refractivity contribution is 0.525. The summed E-state index contributed by atoms with van der Waals surface area (Å²) in [6.45, 7) is 3.17. The molecule has 0 amide bonds. The molecule has 1 aliphatic carbocycles. The number of hydrogen-bond donors (Lipinski definition) is 1. The lowest BCUT2D eigenvalue weighted by Gasteiger charge is -2.14. The summed E-state index contributed by atoms with van der Waals surface area (Å²) in [4.78, 5) is 4.37. The van der Waals surface area contributed by atoms with Gasteiger partial charge in [0, 0.05) is 6.20 Å². The zero-order chi connectivity index (χ0) is 8.44. The van der Waals surface area contributed by atoms with E-state index in [1.54, 1.807) is 0 Å². The summed E-state index contributed by atoms with van der Waals surface area (Å²) in [5, 5.41) is 3.49. The summed E-state index contributed by atoms with van der Waals surface area (Å²) >= 11 is 0. The predicted octanol–water partition coefficient (Wildman–Crippen LogP) is 1.68. The van der Waals surface area contributed by atoms with Gasteiger partial charge in [0.15, 0.2) is 0 Å². The summed E-state index contributed by atoms with van der Waals surface area (Å²) in [6, 6.07) is 6.13. The molecule has 0 atom stereocenters. The Morgan fingerprint density at radius 2 is 2.33 bits per heavy atom. The second-order valence-electron chi connectivity index (χ2n) is 3.33. The van der Waals surface area contributed by atoms with Gasteiger partial charge in [0.2, 0.25) is 0 Å². The van der Waals surface area contributed by atoms with Crippen LogP contribution < -0.4 is 5.32 Å². The van der Waals surface area contributed by atoms with Crippen LogP contribution in [0.25, 0.3) is 0 Å². The van der Waals surface area contributed by atoms with E-state index < -0.39 is 0 Å². The van der Waals surface area contributed by atoms with Crippen LogP contribution in [0.2, 0.25) is 0 Å². The van der Waals surface area contributed by atoms with Crippen LogP contribution in [0.15, 0.2) is 24.4 Å². The molecule has 2 rings (SSSR count). The van der Waals surface area contributed by atoms with Gasteiger partial charge in [-0.25, -0.2) is 0 Å². The Hall–Kier alpha value is -0.890. The second-order valence-corrected chi connectivity index (χ2v) is 3.33. The van der Waals surface area contributed by atoms with Crippen LogP contribution in [0.3, 0.4) is 0 Å². The van der Waals surface area contributed by atoms with E-state index in [0.717, 1.165) is 6.54 Å². The molecule has 0 radical (unpaired) electrons. The largest absolute Gasteiger partial charge is 0.306 e. The van der Waals surface area contributed by atoms with Crippen molar-refractivity contribution in [3.05, 3.63) is 30.1 Å². The molecule has 0 saturated heterocycles. The first-order valence-corrected chi connectivity index (χ1v) is 4.54. The number of aromatic nitrogens is 1. The van der Waals surface area contributed by atoms with E-state index in [-0.39, 0.29) is 5.54 Å². The number of rotatable bonds is 3. The highest BCUT2D eigenvalue weighted by Gasteiger charge is 2.44. The molecule has 2 nitrogen and oxygen atoms in total. The molecule has 0 unspecified atom stereocenters. The smallest absolute Gasteiger partial charge is 0.0610 e. The van der Waals surface area contributed by atoms with Crippen molar-refractivity contribution < 1.29 is 0 Å². The first kappa shape index (κ1) is 7.74. The summed E-state index contributed by atoms with van der Waals surface area (Å²) in [5.41, 5.74) is 1.43. The van der Waals surface area contributed by atoms with Crippen molar-refractivity contribution in [2.45, 2.75) is 25.3 Å². The maximum atomic E-state index is 4.37. The van der Waals surface area contributed by atoms with E-state index in [1.807, 2.05) is 12.3 Å². The zero-order valence-corrected chi connectivity index (χ0v) is 7.38. The first-order valence-electron chi connectivity index (χ1n) is 4.54. The molecular weight excluding hydrogens is 148 g/mol. The summed E-state index contributed by atoms with van der Waals surface area (Å²) in [6.07, 6.45) is 4.34. The Labute approximate surface area is 73.0 Å². The average Bonchev–Trinajstić information content (AvgIpc) is 2.88. The minimum atomic E-state index is 0.232. The van der Waals surface area contributed by atoms with Gasteiger partial charge in [-0.1, -0.05) is 13.0 Å². The predicted molar refractivity (Wildman–Crippen MR) is 48.8 cm³/mol. The summed E-state index contributed by atoms with van der Waals surface area (Å²) < 4.78 is 0. The fourth-order valence-electron chi connectivity index (χ4n) is 1.63. The molecule has 1 aromatic rings. The fourth-order valence-corrected chi connectivity index (χ4v) is 1.63. The molecule has 0 bridgehead atoms. The lowest BCUT2D eigenvalue weighted by Crippen LogP contribution is -2.29. The molecule has 64 valence electrons. The summed E-state index contributed by atoms with van der Waals surface area (Å²) in [5.74, 6) is 0. The number of nitrogens with zero attached hydrogens (tertiary/aromatic N) is 1. The molecular formula is C10H14N2. The maximum Gasteiger partial charge on any atom is 0.0610 e. The topological polar surface area (TPSA) is 24.9 Å². The van der Waals surface area contributed by atoms with Crippen LogP contribution in [-0.2, 0) is 5.54 Å². The van der Waals surface area contributed by atoms with Gasteiger partial charge in [-0.05, 0) is 31.5 Å². The van der Waals surface area contributed by atoms with Gasteiger partial charge < -0.3 is 5.32 Å². The van der Waals surface area contributed by atoms with Crippen molar-refractivity contribution in [1.29, 1.82) is 0 Å². The normalized spacial score (nSPS) is 19.1. The van der Waals surface area contributed by atoms with Crippen LogP contribution in [0.5, 0.6) is 0 Å². The van der Waals surface area contributed by atoms with E-state index in [2.05, 4.69) is 29.4 Å². The van der Waals surface area contributed by atoms with Crippen LogP contribution in [0, 0.1) is 0 Å². The van der Waals surface area contributed by atoms with Gasteiger partial charge in [-0.15, -0.1) is 0 Å². The van der Waals surface area contributed by atoms with Gasteiger partial charge in [0.05, 0.1) is 11.2 Å². The molecule has 0 aromatic carbocycles. The Bertz CT molecular complexity index is 252. The molecule has 0 aliphatic heterocycles. The maximum absolute atomic E-state index is 4.37. The van der Waals surface area contributed by atoms with Crippen molar-refractivity contribution in [3.63, 3.8) is 0 Å². The van der Waals surface area contributed by atoms with Gasteiger partial charge in [0.1, 0.15) is 0 Å². The molecule has 1 heterocycles. The number of hydrogen-bond acceptors (Lipinski definition) is 2. The van der Waals surface area contributed by atoms with E-state index in [1.165, 1.54) is 18.5 Å². The molecule has 1 aromatic heterocycles. The third-order valence-corrected chi connectivity index (χ3v) is 2.42. The Kier molecular flexibility index (Phi) is 1.85. The quantitative estimate of drug-likeness (QED) is 0.731. The van der Waals surface area contributed by atoms with Crippen LogP contribution >= 0.6 is 0 Å². The van der Waals surface area contributed by atoms with Gasteiger partial charge >= 0.3 is 0 Å². The van der Waals surface area contributed by atoms with Gasteiger partial charge in [0.25, 0.3) is 0 Å². The number of pyridine rings is 1. The number of nitrogens with one attached hydrogen (secondary N) is 1. The molecule has 1 saturated carbocycles. The summed E-state index contributed by atoms with van der Waals surface area (Å²) in [7, 11) is 0. The molecule has 2 heteroatoms. The van der Waals surface area contributed by atoms with E-state index in [4.69, 9.17) is 0 Å². The third-order valence-electron chi connectivity index (χ3n) is 2.42. The standard InChI is InChI=1S/C10H14N2/c1-2-12-10(6-7-10)9-5-3-4-8-11-9/h3-5,8,12H,2,6-7H2,1H3. The minimum absolute atomic E-state index is 0.232. The Morgan fingerprint density at radius 1 is 1.50 bits per heavy atom. The Morgan fingerprint density at radius 3 is 2.83 bits per heavy atom. The van der Waals surface area contributed by atoms with Crippen molar-refractivity contribution in [3.8, 4) is 0 Å². The van der Waals surface area contributed by atoms with Crippen LogP contribution in [-0.4, -0.2) is 11.5 Å². The lowest BCUT2D eigenvalue weighted by atomic mass is 10.1. The molecule has 12 heavy (non-hydrogen) atoms. The van der Waals surface area contributed by atoms with E-state index in [0.29, 0.717) is 0 Å². The van der Waals surface area contributed by atoms with Crippen molar-refractivity contribution >= 4 is 0 Å². The minimum Gasteiger partial charge on any atom is -0.306 e. The third kappa shape index (κ3) is 1.23. The van der Waals surface area contributed by atoms with Crippen molar-refractivity contribution in [2.24, 2.45) is 0 Å².